The summed E-state index contributed by atoms with van der Waals surface area (Å²) in [5.74, 6) is 0.456. The molecule has 4 rings (SSSR count). The van der Waals surface area contributed by atoms with Gasteiger partial charge in [0.2, 0.25) is 0 Å². The molecule has 2 nitrogen and oxygen atoms in total. The Hall–Kier alpha value is -2.36. The molecule has 1 saturated heterocycles. The lowest BCUT2D eigenvalue weighted by molar-refractivity contribution is 0.00578. The summed E-state index contributed by atoms with van der Waals surface area (Å²) in [5.41, 5.74) is 10.1. The first-order valence-electron chi connectivity index (χ1n) is 23.3. The first-order chi connectivity index (χ1) is 26.6. The lowest BCUT2D eigenvalue weighted by atomic mass is 9.71. The van der Waals surface area contributed by atoms with Gasteiger partial charge in [0.25, 0.3) is 0 Å². The minimum atomic E-state index is -0.363. The van der Waals surface area contributed by atoms with Gasteiger partial charge in [-0.15, -0.1) is 0 Å². The maximum absolute atomic E-state index is 6.80. The summed E-state index contributed by atoms with van der Waals surface area (Å²) in [6.07, 6.45) is 30.3. The van der Waals surface area contributed by atoms with E-state index in [0.29, 0.717) is 5.92 Å². The summed E-state index contributed by atoms with van der Waals surface area (Å²) in [4.78, 5) is 0. The molecular weight excluding hydrogens is 667 g/mol. The molecule has 0 radical (unpaired) electrons. The summed E-state index contributed by atoms with van der Waals surface area (Å²) in [6, 6.07) is 23.7. The van der Waals surface area contributed by atoms with Crippen LogP contribution in [-0.2, 0) is 22.2 Å². The summed E-state index contributed by atoms with van der Waals surface area (Å²) >= 11 is 0. The summed E-state index contributed by atoms with van der Waals surface area (Å²) in [7, 11) is -0.339. The van der Waals surface area contributed by atoms with Gasteiger partial charge in [0.1, 0.15) is 0 Å². The normalized spacial score (nSPS) is 15.5. The Kier molecular flexibility index (Phi) is 19.6. The van der Waals surface area contributed by atoms with Crippen molar-refractivity contribution >= 4 is 12.6 Å². The molecule has 0 spiro atoms. The predicted molar refractivity (Wildman–Crippen MR) is 243 cm³/mol. The Morgan fingerprint density at radius 3 is 1.44 bits per heavy atom. The van der Waals surface area contributed by atoms with Crippen molar-refractivity contribution in [2.24, 2.45) is 0 Å². The van der Waals surface area contributed by atoms with Gasteiger partial charge in [-0.25, -0.2) is 0 Å². The molecular formula is C52H81BO2. The molecule has 1 aliphatic rings. The van der Waals surface area contributed by atoms with E-state index in [-0.39, 0.29) is 18.3 Å². The van der Waals surface area contributed by atoms with E-state index in [1.807, 2.05) is 0 Å². The fraction of sp³-hybridized carbons (Fsp3) is 0.654. The Bertz CT molecular complexity index is 1470. The van der Waals surface area contributed by atoms with E-state index in [0.717, 1.165) is 6.42 Å². The highest BCUT2D eigenvalue weighted by atomic mass is 16.7. The second-order valence-corrected chi connectivity index (χ2v) is 18.2. The summed E-state index contributed by atoms with van der Waals surface area (Å²) < 4.78 is 13.6. The van der Waals surface area contributed by atoms with Crippen LogP contribution in [-0.4, -0.2) is 18.3 Å². The van der Waals surface area contributed by atoms with Crippen molar-refractivity contribution in [2.75, 3.05) is 0 Å². The second kappa shape index (κ2) is 23.8. The molecule has 0 saturated carbocycles. The quantitative estimate of drug-likeness (QED) is 0.0571. The van der Waals surface area contributed by atoms with Crippen molar-refractivity contribution in [1.82, 2.24) is 0 Å². The fourth-order valence-corrected chi connectivity index (χ4v) is 8.37. The summed E-state index contributed by atoms with van der Waals surface area (Å²) in [6.45, 7) is 18.1. The van der Waals surface area contributed by atoms with Gasteiger partial charge in [-0.1, -0.05) is 204 Å². The van der Waals surface area contributed by atoms with Gasteiger partial charge in [-0.3, -0.25) is 0 Å². The third kappa shape index (κ3) is 14.2. The average Bonchev–Trinajstić information content (AvgIpc) is 3.41. The third-order valence-corrected chi connectivity index (χ3v) is 12.9. The topological polar surface area (TPSA) is 18.5 Å². The van der Waals surface area contributed by atoms with E-state index in [9.17, 15) is 0 Å². The first kappa shape index (κ1) is 45.3. The molecule has 3 heteroatoms. The van der Waals surface area contributed by atoms with E-state index in [1.54, 1.807) is 0 Å². The van der Waals surface area contributed by atoms with Crippen molar-refractivity contribution in [3.05, 3.63) is 77.4 Å². The number of hydrogen-bond donors (Lipinski definition) is 0. The van der Waals surface area contributed by atoms with Gasteiger partial charge in [0, 0.05) is 0 Å². The zero-order valence-corrected chi connectivity index (χ0v) is 37.0. The lowest BCUT2D eigenvalue weighted by Gasteiger charge is -2.32. The molecule has 0 N–H and O–H groups in total. The van der Waals surface area contributed by atoms with Crippen LogP contribution in [0.15, 0.2) is 60.7 Å². The Labute approximate surface area is 340 Å². The monoisotopic (exact) mass is 749 g/mol. The fourth-order valence-electron chi connectivity index (χ4n) is 8.37. The zero-order chi connectivity index (χ0) is 39.5. The van der Waals surface area contributed by atoms with Crippen LogP contribution in [0.1, 0.15) is 213 Å². The number of unbranched alkanes of at least 4 members (excludes halogenated alkanes) is 17. The van der Waals surface area contributed by atoms with Crippen LogP contribution in [0.5, 0.6) is 0 Å². The van der Waals surface area contributed by atoms with Gasteiger partial charge in [-0.2, -0.15) is 0 Å². The Morgan fingerprint density at radius 2 is 0.927 bits per heavy atom. The van der Waals surface area contributed by atoms with Crippen LogP contribution in [0.25, 0.3) is 22.3 Å². The first-order valence-corrected chi connectivity index (χ1v) is 23.3. The third-order valence-electron chi connectivity index (χ3n) is 12.9. The number of benzene rings is 3. The van der Waals surface area contributed by atoms with E-state index in [2.05, 4.69) is 116 Å². The van der Waals surface area contributed by atoms with Crippen LogP contribution in [0, 0.1) is 0 Å². The second-order valence-electron chi connectivity index (χ2n) is 18.2. The zero-order valence-electron chi connectivity index (χ0n) is 37.0. The molecule has 304 valence electrons. The van der Waals surface area contributed by atoms with Crippen LogP contribution < -0.4 is 5.46 Å². The highest BCUT2D eigenvalue weighted by Gasteiger charge is 2.52. The number of aryl methyl sites for hydroxylation is 2. The largest absolute Gasteiger partial charge is 0.495 e. The van der Waals surface area contributed by atoms with Gasteiger partial charge in [0.15, 0.2) is 0 Å². The molecule has 1 aliphatic heterocycles. The molecule has 3 aromatic carbocycles. The van der Waals surface area contributed by atoms with Gasteiger partial charge in [-0.05, 0) is 110 Å². The Balaban J connectivity index is 1.59. The minimum Gasteiger partial charge on any atom is -0.399 e. The Morgan fingerprint density at radius 1 is 0.491 bits per heavy atom. The van der Waals surface area contributed by atoms with E-state index in [1.165, 1.54) is 186 Å². The standard InChI is InChI=1S/C52H81BO2/c1-9-12-15-17-19-21-22-24-26-28-31-47-40-49(46-38-36-45(37-39-46)44-34-32-43(33-35-44)30-14-11-3)48(42(4)29-27-25-23-20-18-16-13-10-2)41-50(47)53-54-51(5,6)52(7,8)55-53/h32-42H,9-31H2,1-8H3. The molecule has 55 heavy (non-hydrogen) atoms. The van der Waals surface area contributed by atoms with Crippen molar-refractivity contribution in [3.8, 4) is 22.3 Å². The molecule has 1 heterocycles. The van der Waals surface area contributed by atoms with E-state index in [4.69, 9.17) is 9.31 Å². The van der Waals surface area contributed by atoms with Crippen molar-refractivity contribution < 1.29 is 9.31 Å². The van der Waals surface area contributed by atoms with Crippen molar-refractivity contribution in [3.63, 3.8) is 0 Å². The molecule has 3 aromatic rings. The van der Waals surface area contributed by atoms with Crippen LogP contribution >= 0.6 is 0 Å². The molecule has 0 amide bonds. The van der Waals surface area contributed by atoms with Crippen LogP contribution in [0.3, 0.4) is 0 Å². The maximum atomic E-state index is 6.80. The van der Waals surface area contributed by atoms with E-state index >= 15 is 0 Å². The van der Waals surface area contributed by atoms with Crippen LogP contribution in [0.4, 0.5) is 0 Å². The smallest absolute Gasteiger partial charge is 0.399 e. The van der Waals surface area contributed by atoms with Gasteiger partial charge >= 0.3 is 7.12 Å². The maximum Gasteiger partial charge on any atom is 0.495 e. The summed E-state index contributed by atoms with van der Waals surface area (Å²) in [5, 5.41) is 0. The predicted octanol–water partition coefficient (Wildman–Crippen LogP) is 15.8. The molecule has 1 fully saturated rings. The molecule has 0 bridgehead atoms. The highest BCUT2D eigenvalue weighted by Crippen LogP contribution is 2.39. The average molecular weight is 749 g/mol. The number of rotatable bonds is 27. The SMILES string of the molecule is CCCCCCCCCCCCc1cc(-c2ccc(-c3ccc(CCCC)cc3)cc2)c(C(C)CCCCCCCCCC)cc1B1OC(C)(C)C(C)(C)O1. The highest BCUT2D eigenvalue weighted by molar-refractivity contribution is 6.62. The van der Waals surface area contributed by atoms with Crippen molar-refractivity contribution in [2.45, 2.75) is 220 Å². The van der Waals surface area contributed by atoms with Crippen LogP contribution in [0.2, 0.25) is 0 Å². The molecule has 1 unspecified atom stereocenters. The van der Waals surface area contributed by atoms with Gasteiger partial charge in [0.05, 0.1) is 11.2 Å². The minimum absolute atomic E-state index is 0.339. The van der Waals surface area contributed by atoms with Crippen molar-refractivity contribution in [1.29, 1.82) is 0 Å². The molecule has 0 aliphatic carbocycles. The lowest BCUT2D eigenvalue weighted by Crippen LogP contribution is -2.41. The molecule has 0 aromatic heterocycles. The van der Waals surface area contributed by atoms with Gasteiger partial charge < -0.3 is 9.31 Å². The molecule has 1 atom stereocenters. The number of hydrogen-bond acceptors (Lipinski definition) is 2. The van der Waals surface area contributed by atoms with E-state index < -0.39 is 0 Å².